The van der Waals surface area contributed by atoms with E-state index in [1.165, 1.54) is 154 Å². The zero-order valence-corrected chi connectivity index (χ0v) is 43.4. The highest BCUT2D eigenvalue weighted by Crippen LogP contribution is 2.23. The Bertz CT molecular complexity index is 968. The van der Waals surface area contributed by atoms with Crippen LogP contribution in [0.4, 0.5) is 0 Å². The van der Waals surface area contributed by atoms with E-state index in [1.54, 1.807) is 0 Å². The third kappa shape index (κ3) is 38.4. The third-order valence-electron chi connectivity index (χ3n) is 14.0. The van der Waals surface area contributed by atoms with Crippen LogP contribution in [0.5, 0.6) is 0 Å². The first-order valence-electron chi connectivity index (χ1n) is 28.2. The van der Waals surface area contributed by atoms with Crippen molar-refractivity contribution in [2.45, 2.75) is 278 Å². The van der Waals surface area contributed by atoms with E-state index in [1.807, 2.05) is 0 Å². The molecule has 0 aliphatic carbocycles. The Kier molecular flexibility index (Phi) is 42.6. The summed E-state index contributed by atoms with van der Waals surface area (Å²) in [7, 11) is 2.18. The van der Waals surface area contributed by atoms with Gasteiger partial charge in [0, 0.05) is 45.4 Å². The van der Waals surface area contributed by atoms with Crippen molar-refractivity contribution in [3.63, 3.8) is 0 Å². The van der Waals surface area contributed by atoms with E-state index in [0.717, 1.165) is 103 Å². The van der Waals surface area contributed by atoms with Gasteiger partial charge >= 0.3 is 17.9 Å². The van der Waals surface area contributed by atoms with Crippen LogP contribution in [0.25, 0.3) is 0 Å². The molecule has 1 aliphatic heterocycles. The Balaban J connectivity index is 2.28. The molecule has 0 aromatic heterocycles. The summed E-state index contributed by atoms with van der Waals surface area (Å²) >= 11 is 0. The van der Waals surface area contributed by atoms with Gasteiger partial charge in [0.05, 0.1) is 13.2 Å². The van der Waals surface area contributed by atoms with Gasteiger partial charge in [0.2, 0.25) is 0 Å². The Labute approximate surface area is 397 Å². The Hall–Kier alpha value is -1.67. The summed E-state index contributed by atoms with van der Waals surface area (Å²) in [6.07, 6.45) is 42.8. The molecular formula is C56H108N2O6. The highest BCUT2D eigenvalue weighted by molar-refractivity contribution is 5.70. The quantitative estimate of drug-likeness (QED) is 0.0339. The molecule has 1 heterocycles. The highest BCUT2D eigenvalue weighted by Gasteiger charge is 2.18. The molecule has 0 aromatic carbocycles. The summed E-state index contributed by atoms with van der Waals surface area (Å²) in [6.45, 7) is 15.6. The molecule has 0 atom stereocenters. The average molecular weight is 905 g/mol. The van der Waals surface area contributed by atoms with Gasteiger partial charge in [0.15, 0.2) is 0 Å². The van der Waals surface area contributed by atoms with Crippen LogP contribution in [0, 0.1) is 11.8 Å². The summed E-state index contributed by atoms with van der Waals surface area (Å²) < 4.78 is 17.5. The molecule has 0 aromatic rings. The number of ether oxygens (including phenoxy) is 3. The molecule has 0 bridgehead atoms. The van der Waals surface area contributed by atoms with Crippen LogP contribution >= 0.6 is 0 Å². The summed E-state index contributed by atoms with van der Waals surface area (Å²) in [6, 6.07) is 0. The molecule has 64 heavy (non-hydrogen) atoms. The molecule has 1 rings (SSSR count). The first kappa shape index (κ1) is 60.3. The number of esters is 3. The van der Waals surface area contributed by atoms with Gasteiger partial charge in [-0.15, -0.1) is 0 Å². The van der Waals surface area contributed by atoms with Gasteiger partial charge in [-0.25, -0.2) is 0 Å². The van der Waals surface area contributed by atoms with Crippen LogP contribution < -0.4 is 0 Å². The van der Waals surface area contributed by atoms with Crippen molar-refractivity contribution in [2.75, 3.05) is 53.0 Å². The number of carbonyl (C=O) groups excluding carboxylic acids is 3. The van der Waals surface area contributed by atoms with Gasteiger partial charge in [-0.2, -0.15) is 0 Å². The van der Waals surface area contributed by atoms with Crippen LogP contribution in [0.15, 0.2) is 0 Å². The summed E-state index contributed by atoms with van der Waals surface area (Å²) in [5, 5.41) is 0. The molecule has 0 spiro atoms. The maximum atomic E-state index is 13.0. The summed E-state index contributed by atoms with van der Waals surface area (Å²) in [4.78, 5) is 42.6. The van der Waals surface area contributed by atoms with E-state index in [-0.39, 0.29) is 24.0 Å². The predicted molar refractivity (Wildman–Crippen MR) is 271 cm³/mol. The number of rotatable bonds is 47. The van der Waals surface area contributed by atoms with E-state index < -0.39 is 0 Å². The summed E-state index contributed by atoms with van der Waals surface area (Å²) in [5.41, 5.74) is 0. The third-order valence-corrected chi connectivity index (χ3v) is 14.0. The van der Waals surface area contributed by atoms with Gasteiger partial charge in [0.25, 0.3) is 0 Å². The SMILES string of the molecule is CCCCCC(CCCCC)CCOC(=O)CCCCCCCCCC(CCCCCCCCCC(=O)OCCC(CCCCC)CCCCC)OC(=O)CCCN1CCN(C)CC1. The second-order valence-corrected chi connectivity index (χ2v) is 20.1. The van der Waals surface area contributed by atoms with Gasteiger partial charge in [-0.3, -0.25) is 14.4 Å². The second-order valence-electron chi connectivity index (χ2n) is 20.1. The fourth-order valence-corrected chi connectivity index (χ4v) is 9.50. The highest BCUT2D eigenvalue weighted by atomic mass is 16.5. The number of carbonyl (C=O) groups is 3. The normalized spacial score (nSPS) is 13.7. The lowest BCUT2D eigenvalue weighted by molar-refractivity contribution is -0.150. The maximum Gasteiger partial charge on any atom is 0.306 e. The van der Waals surface area contributed by atoms with E-state index in [9.17, 15) is 14.4 Å². The lowest BCUT2D eigenvalue weighted by Crippen LogP contribution is -2.44. The zero-order valence-electron chi connectivity index (χ0n) is 43.4. The molecule has 0 N–H and O–H groups in total. The topological polar surface area (TPSA) is 85.4 Å². The van der Waals surface area contributed by atoms with Crippen LogP contribution in [-0.2, 0) is 28.6 Å². The van der Waals surface area contributed by atoms with Gasteiger partial charge in [0.1, 0.15) is 6.10 Å². The van der Waals surface area contributed by atoms with E-state index in [4.69, 9.17) is 14.2 Å². The number of nitrogens with zero attached hydrogens (tertiary/aromatic N) is 2. The largest absolute Gasteiger partial charge is 0.466 e. The molecule has 8 heteroatoms. The van der Waals surface area contributed by atoms with Gasteiger partial charge in [-0.05, 0) is 83.2 Å². The van der Waals surface area contributed by atoms with Crippen molar-refractivity contribution in [3.8, 4) is 0 Å². The lowest BCUT2D eigenvalue weighted by atomic mass is 9.92. The van der Waals surface area contributed by atoms with Crippen molar-refractivity contribution in [1.82, 2.24) is 9.80 Å². The van der Waals surface area contributed by atoms with E-state index >= 15 is 0 Å². The molecule has 378 valence electrons. The minimum Gasteiger partial charge on any atom is -0.466 e. The number of likely N-dealkylation sites (N-methyl/N-ethyl adjacent to an activating group) is 1. The van der Waals surface area contributed by atoms with Crippen LogP contribution in [-0.4, -0.2) is 86.8 Å². The lowest BCUT2D eigenvalue weighted by Gasteiger charge is -2.32. The first-order chi connectivity index (χ1) is 31.3. The fraction of sp³-hybridized carbons (Fsp3) is 0.946. The van der Waals surface area contributed by atoms with E-state index in [2.05, 4.69) is 44.5 Å². The van der Waals surface area contributed by atoms with Crippen molar-refractivity contribution in [2.24, 2.45) is 11.8 Å². The van der Waals surface area contributed by atoms with Crippen LogP contribution in [0.2, 0.25) is 0 Å². The zero-order chi connectivity index (χ0) is 46.6. The minimum absolute atomic E-state index is 0.0144. The van der Waals surface area contributed by atoms with Gasteiger partial charge in [-0.1, -0.05) is 195 Å². The molecular weight excluding hydrogens is 797 g/mol. The number of hydrogen-bond donors (Lipinski definition) is 0. The second kappa shape index (κ2) is 45.1. The smallest absolute Gasteiger partial charge is 0.306 e. The monoisotopic (exact) mass is 905 g/mol. The minimum atomic E-state index is -0.0197. The van der Waals surface area contributed by atoms with E-state index in [0.29, 0.717) is 44.3 Å². The molecule has 0 unspecified atom stereocenters. The standard InChI is InChI=1S/C56H108N2O6/c1-6-10-24-33-51(34-25-11-7-2)42-49-62-54(59)39-30-22-18-14-16-20-28-37-53(64-56(61)41-32-44-58-47-45-57(5)46-48-58)38-29-21-17-15-19-23-31-40-55(60)63-50-43-52(35-26-12-8-3)36-27-13-9-4/h51-53H,6-50H2,1-5H3. The maximum absolute atomic E-state index is 13.0. The number of unbranched alkanes of at least 4 members (excludes halogenated alkanes) is 20. The Morgan fingerprint density at radius 1 is 0.391 bits per heavy atom. The Morgan fingerprint density at radius 3 is 1.12 bits per heavy atom. The molecule has 1 saturated heterocycles. The molecule has 1 aliphatic rings. The van der Waals surface area contributed by atoms with Crippen LogP contribution in [0.3, 0.4) is 0 Å². The molecule has 8 nitrogen and oxygen atoms in total. The molecule has 0 saturated carbocycles. The number of piperazine rings is 1. The Morgan fingerprint density at radius 2 is 0.734 bits per heavy atom. The van der Waals surface area contributed by atoms with Crippen molar-refractivity contribution >= 4 is 17.9 Å². The average Bonchev–Trinajstić information content (AvgIpc) is 3.28. The van der Waals surface area contributed by atoms with Crippen molar-refractivity contribution in [1.29, 1.82) is 0 Å². The summed E-state index contributed by atoms with van der Waals surface area (Å²) in [5.74, 6) is 1.36. The predicted octanol–water partition coefficient (Wildman–Crippen LogP) is 15.4. The fourth-order valence-electron chi connectivity index (χ4n) is 9.50. The first-order valence-corrected chi connectivity index (χ1v) is 28.2. The van der Waals surface area contributed by atoms with Gasteiger partial charge < -0.3 is 24.0 Å². The molecule has 0 amide bonds. The molecule has 0 radical (unpaired) electrons. The van der Waals surface area contributed by atoms with Crippen LogP contribution in [0.1, 0.15) is 272 Å². The molecule has 1 fully saturated rings. The van der Waals surface area contributed by atoms with Crippen molar-refractivity contribution in [3.05, 3.63) is 0 Å². The van der Waals surface area contributed by atoms with Crippen molar-refractivity contribution < 1.29 is 28.6 Å². The number of hydrogen-bond acceptors (Lipinski definition) is 8.